The average Bonchev–Trinajstić information content (AvgIpc) is 3.00. The third kappa shape index (κ3) is 2.27. The van der Waals surface area contributed by atoms with Crippen molar-refractivity contribution < 1.29 is 14.2 Å². The number of hydrogen-bond donors (Lipinski definition) is 0. The van der Waals surface area contributed by atoms with E-state index in [9.17, 15) is 5.26 Å². The number of nitriles is 1. The van der Waals surface area contributed by atoms with Crippen molar-refractivity contribution in [3.05, 3.63) is 29.3 Å². The molecule has 158 valence electrons. The number of piperidine rings is 1. The molecule has 5 atom stereocenters. The molecule has 6 aliphatic rings. The molecule has 0 unspecified atom stereocenters. The molecule has 0 radical (unpaired) electrons. The van der Waals surface area contributed by atoms with E-state index in [1.54, 1.807) is 14.2 Å². The SMILES string of the molecule is COc1cc2c(cc1OC)[C@]13CC[C@H]4C(=CCO[C@H]5CCN2[C@H]1[C@H]54)CN(C#N)CC3. The van der Waals surface area contributed by atoms with Gasteiger partial charge in [0.25, 0.3) is 0 Å². The minimum absolute atomic E-state index is 0.0347. The third-order valence-electron chi connectivity index (χ3n) is 8.54. The minimum Gasteiger partial charge on any atom is -0.493 e. The van der Waals surface area contributed by atoms with Crippen LogP contribution in [0.15, 0.2) is 23.8 Å². The van der Waals surface area contributed by atoms with Crippen molar-refractivity contribution in [1.29, 1.82) is 5.26 Å². The van der Waals surface area contributed by atoms with E-state index in [0.717, 1.165) is 50.4 Å². The van der Waals surface area contributed by atoms with Crippen LogP contribution in [0.4, 0.5) is 5.69 Å². The smallest absolute Gasteiger partial charge is 0.179 e. The zero-order valence-electron chi connectivity index (χ0n) is 17.8. The summed E-state index contributed by atoms with van der Waals surface area (Å²) in [5.74, 6) is 2.58. The highest BCUT2D eigenvalue weighted by atomic mass is 16.5. The number of ether oxygens (including phenoxy) is 3. The first-order valence-electron chi connectivity index (χ1n) is 11.2. The van der Waals surface area contributed by atoms with Gasteiger partial charge in [-0.05, 0) is 48.8 Å². The Hall–Kier alpha value is -2.39. The fraction of sp³-hybridized carbons (Fsp3) is 0.625. The van der Waals surface area contributed by atoms with Crippen molar-refractivity contribution in [3.63, 3.8) is 0 Å². The highest BCUT2D eigenvalue weighted by Gasteiger charge is 2.62. The summed E-state index contributed by atoms with van der Waals surface area (Å²) in [6.45, 7) is 3.26. The van der Waals surface area contributed by atoms with Gasteiger partial charge in [0.2, 0.25) is 0 Å². The Morgan fingerprint density at radius 1 is 1.13 bits per heavy atom. The second-order valence-electron chi connectivity index (χ2n) is 9.45. The summed E-state index contributed by atoms with van der Waals surface area (Å²) < 4.78 is 17.8. The van der Waals surface area contributed by atoms with Crippen LogP contribution in [0, 0.1) is 23.3 Å². The first kappa shape index (κ1) is 18.4. The maximum absolute atomic E-state index is 9.83. The van der Waals surface area contributed by atoms with E-state index in [-0.39, 0.29) is 5.41 Å². The molecule has 0 aromatic heterocycles. The van der Waals surface area contributed by atoms with Crippen molar-refractivity contribution in [2.45, 2.75) is 43.2 Å². The Balaban J connectivity index is 1.58. The van der Waals surface area contributed by atoms with Gasteiger partial charge in [-0.25, -0.2) is 0 Å². The predicted octanol–water partition coefficient (Wildman–Crippen LogP) is 3.07. The normalized spacial score (nSPS) is 36.0. The van der Waals surface area contributed by atoms with Crippen LogP contribution >= 0.6 is 0 Å². The van der Waals surface area contributed by atoms with Crippen molar-refractivity contribution in [2.24, 2.45) is 11.8 Å². The van der Waals surface area contributed by atoms with Crippen molar-refractivity contribution in [3.8, 4) is 17.7 Å². The monoisotopic (exact) mass is 407 g/mol. The first-order chi connectivity index (χ1) is 14.7. The first-order valence-corrected chi connectivity index (χ1v) is 11.2. The maximum Gasteiger partial charge on any atom is 0.179 e. The highest BCUT2D eigenvalue weighted by molar-refractivity contribution is 5.71. The third-order valence-corrected chi connectivity index (χ3v) is 8.54. The fourth-order valence-corrected chi connectivity index (χ4v) is 7.34. The second-order valence-corrected chi connectivity index (χ2v) is 9.45. The number of fused-ring (bicyclic) bond motifs is 6. The molecule has 1 aliphatic carbocycles. The van der Waals surface area contributed by atoms with E-state index in [1.165, 1.54) is 23.2 Å². The zero-order valence-corrected chi connectivity index (χ0v) is 17.8. The van der Waals surface area contributed by atoms with E-state index < -0.39 is 0 Å². The van der Waals surface area contributed by atoms with Crippen LogP contribution in [-0.2, 0) is 10.2 Å². The largest absolute Gasteiger partial charge is 0.493 e. The summed E-state index contributed by atoms with van der Waals surface area (Å²) in [5, 5.41) is 9.83. The quantitative estimate of drug-likeness (QED) is 0.555. The van der Waals surface area contributed by atoms with Gasteiger partial charge >= 0.3 is 0 Å². The van der Waals surface area contributed by atoms with Crippen LogP contribution in [0.2, 0.25) is 0 Å². The van der Waals surface area contributed by atoms with Gasteiger partial charge in [0.05, 0.1) is 26.9 Å². The molecule has 4 bridgehead atoms. The maximum atomic E-state index is 9.83. The van der Waals surface area contributed by atoms with Crippen LogP contribution in [0.25, 0.3) is 0 Å². The van der Waals surface area contributed by atoms with Gasteiger partial charge in [0.15, 0.2) is 17.7 Å². The summed E-state index contributed by atoms with van der Waals surface area (Å²) in [4.78, 5) is 4.62. The number of hydrogen-bond acceptors (Lipinski definition) is 6. The van der Waals surface area contributed by atoms with E-state index in [1.807, 2.05) is 4.90 Å². The second kappa shape index (κ2) is 6.55. The summed E-state index contributed by atoms with van der Waals surface area (Å²) >= 11 is 0. The van der Waals surface area contributed by atoms with Crippen LogP contribution in [0.3, 0.4) is 0 Å². The molecule has 0 N–H and O–H groups in total. The summed E-state index contributed by atoms with van der Waals surface area (Å²) in [7, 11) is 3.43. The van der Waals surface area contributed by atoms with Crippen molar-refractivity contribution in [2.75, 3.05) is 45.4 Å². The Morgan fingerprint density at radius 2 is 1.97 bits per heavy atom. The van der Waals surface area contributed by atoms with Gasteiger partial charge < -0.3 is 24.0 Å². The lowest BCUT2D eigenvalue weighted by Crippen LogP contribution is -2.62. The molecule has 30 heavy (non-hydrogen) atoms. The lowest BCUT2D eigenvalue weighted by molar-refractivity contribution is -0.0381. The van der Waals surface area contributed by atoms with Gasteiger partial charge in [0.1, 0.15) is 0 Å². The van der Waals surface area contributed by atoms with E-state index in [4.69, 9.17) is 14.2 Å². The fourth-order valence-electron chi connectivity index (χ4n) is 7.34. The molecule has 7 rings (SSSR count). The van der Waals surface area contributed by atoms with Crippen LogP contribution in [-0.4, -0.2) is 57.5 Å². The molecule has 6 nitrogen and oxygen atoms in total. The molecule has 3 saturated heterocycles. The summed E-state index contributed by atoms with van der Waals surface area (Å²) in [5.41, 5.74) is 4.15. The van der Waals surface area contributed by atoms with Crippen molar-refractivity contribution in [1.82, 2.24) is 4.90 Å². The predicted molar refractivity (Wildman–Crippen MR) is 113 cm³/mol. The van der Waals surface area contributed by atoms with E-state index in [0.29, 0.717) is 30.6 Å². The van der Waals surface area contributed by atoms with Gasteiger partial charge in [-0.15, -0.1) is 0 Å². The molecule has 1 spiro atoms. The average molecular weight is 408 g/mol. The molecule has 0 amide bonds. The Bertz CT molecular complexity index is 954. The molecule has 1 aromatic rings. The number of methoxy groups -OCH3 is 2. The van der Waals surface area contributed by atoms with Gasteiger partial charge in [-0.1, -0.05) is 6.08 Å². The van der Waals surface area contributed by atoms with Crippen molar-refractivity contribution >= 4 is 5.69 Å². The molecule has 5 aliphatic heterocycles. The highest BCUT2D eigenvalue weighted by Crippen LogP contribution is 2.62. The minimum atomic E-state index is 0.0347. The molecular weight excluding hydrogens is 378 g/mol. The van der Waals surface area contributed by atoms with Crippen LogP contribution < -0.4 is 14.4 Å². The van der Waals surface area contributed by atoms with E-state index >= 15 is 0 Å². The van der Waals surface area contributed by atoms with Gasteiger partial charge in [0, 0.05) is 48.8 Å². The topological polar surface area (TPSA) is 58.0 Å². The Labute approximate surface area is 178 Å². The molecule has 1 saturated carbocycles. The summed E-state index contributed by atoms with van der Waals surface area (Å²) in [6, 6.07) is 4.83. The molecule has 4 fully saturated rings. The molecule has 1 aromatic carbocycles. The zero-order chi connectivity index (χ0) is 20.5. The number of rotatable bonds is 2. The van der Waals surface area contributed by atoms with Gasteiger partial charge in [-0.3, -0.25) is 0 Å². The molecule has 5 heterocycles. The molecule has 6 heteroatoms. The van der Waals surface area contributed by atoms with Gasteiger partial charge in [-0.2, -0.15) is 5.26 Å². The Kier molecular flexibility index (Phi) is 4.02. The molecular formula is C24H29N3O3. The number of nitrogens with zero attached hydrogens (tertiary/aromatic N) is 3. The Morgan fingerprint density at radius 3 is 2.77 bits per heavy atom. The standard InChI is InChI=1S/C24H29N3O3/c1-28-20-11-17-18(12-21(20)29-2)27-8-4-19-22-16-3-6-24(17,23(22)27)7-9-26(14-25)13-15(16)5-10-30-19/h5,11-12,16,19,22-23H,3-4,6-10,13H2,1-2H3/t16-,19-,22-,23-,24+/m0/s1. The summed E-state index contributed by atoms with van der Waals surface area (Å²) in [6.07, 6.45) is 9.43. The number of benzene rings is 1. The van der Waals surface area contributed by atoms with Crippen LogP contribution in [0.5, 0.6) is 11.5 Å². The number of anilines is 1. The lowest BCUT2D eigenvalue weighted by Gasteiger charge is -2.55. The lowest BCUT2D eigenvalue weighted by atomic mass is 9.56. The van der Waals surface area contributed by atoms with E-state index in [2.05, 4.69) is 29.3 Å². The van der Waals surface area contributed by atoms with Crippen LogP contribution in [0.1, 0.15) is 31.2 Å².